The zero-order valence-corrected chi connectivity index (χ0v) is 16.0. The predicted octanol–water partition coefficient (Wildman–Crippen LogP) is 1.82. The molecule has 144 valence electrons. The molecule has 3 rings (SSSR count). The molecule has 7 heteroatoms. The van der Waals surface area contributed by atoms with Crippen LogP contribution in [0.1, 0.15) is 36.5 Å². The van der Waals surface area contributed by atoms with E-state index in [0.29, 0.717) is 17.3 Å². The highest BCUT2D eigenvalue weighted by atomic mass is 16.5. The number of likely N-dealkylation sites (N-methyl/N-ethyl adjacent to an activating group) is 1. The van der Waals surface area contributed by atoms with Crippen molar-refractivity contribution in [1.82, 2.24) is 14.8 Å². The van der Waals surface area contributed by atoms with Crippen LogP contribution in [0.2, 0.25) is 0 Å². The summed E-state index contributed by atoms with van der Waals surface area (Å²) in [4.78, 5) is 22.0. The first-order valence-electron chi connectivity index (χ1n) is 9.34. The summed E-state index contributed by atoms with van der Waals surface area (Å²) in [6.07, 6.45) is 2.89. The van der Waals surface area contributed by atoms with Gasteiger partial charge in [-0.3, -0.25) is 9.69 Å². The molecule has 0 unspecified atom stereocenters. The van der Waals surface area contributed by atoms with Gasteiger partial charge in [0.25, 0.3) is 5.91 Å². The van der Waals surface area contributed by atoms with Crippen molar-refractivity contribution in [3.05, 3.63) is 17.7 Å². The number of aromatic nitrogens is 1. The molecule has 3 heterocycles. The standard InChI is InChI=1S/C19H29N3O4/c1-4-22-11-5-10-21(14-19(22)8-12-26-13-9-19)18(23)15-6-7-16(24-2)20-17(15)25-3/h6-7H,4-5,8-14H2,1-3H3. The minimum Gasteiger partial charge on any atom is -0.481 e. The summed E-state index contributed by atoms with van der Waals surface area (Å²) in [5.74, 6) is 0.722. The van der Waals surface area contributed by atoms with E-state index < -0.39 is 0 Å². The second-order valence-corrected chi connectivity index (χ2v) is 6.91. The van der Waals surface area contributed by atoms with Crippen LogP contribution in [-0.2, 0) is 4.74 Å². The zero-order chi connectivity index (χ0) is 18.6. The Morgan fingerprint density at radius 2 is 2.00 bits per heavy atom. The lowest BCUT2D eigenvalue weighted by Gasteiger charge is -2.46. The molecule has 0 N–H and O–H groups in total. The van der Waals surface area contributed by atoms with Crippen LogP contribution in [0.4, 0.5) is 0 Å². The van der Waals surface area contributed by atoms with E-state index in [2.05, 4.69) is 16.8 Å². The van der Waals surface area contributed by atoms with E-state index >= 15 is 0 Å². The summed E-state index contributed by atoms with van der Waals surface area (Å²) in [5, 5.41) is 0. The predicted molar refractivity (Wildman–Crippen MR) is 97.9 cm³/mol. The zero-order valence-electron chi connectivity index (χ0n) is 16.0. The van der Waals surface area contributed by atoms with Crippen LogP contribution in [0.25, 0.3) is 0 Å². The van der Waals surface area contributed by atoms with Crippen molar-refractivity contribution in [2.24, 2.45) is 0 Å². The molecule has 1 aromatic heterocycles. The lowest BCUT2D eigenvalue weighted by molar-refractivity contribution is -0.0307. The van der Waals surface area contributed by atoms with Gasteiger partial charge in [0.15, 0.2) is 0 Å². The van der Waals surface area contributed by atoms with Crippen LogP contribution in [-0.4, -0.2) is 79.8 Å². The van der Waals surface area contributed by atoms with Crippen molar-refractivity contribution in [2.75, 3.05) is 53.6 Å². The first-order valence-corrected chi connectivity index (χ1v) is 9.34. The molecule has 26 heavy (non-hydrogen) atoms. The summed E-state index contributed by atoms with van der Waals surface area (Å²) in [6.45, 7) is 7.18. The molecule has 2 aliphatic rings. The Hall–Kier alpha value is -1.86. The molecule has 2 fully saturated rings. The molecule has 2 saturated heterocycles. The Balaban J connectivity index is 1.87. The maximum absolute atomic E-state index is 13.3. The van der Waals surface area contributed by atoms with E-state index in [1.165, 1.54) is 7.11 Å². The quantitative estimate of drug-likeness (QED) is 0.813. The number of hydrogen-bond acceptors (Lipinski definition) is 6. The number of ether oxygens (including phenoxy) is 3. The Morgan fingerprint density at radius 3 is 2.65 bits per heavy atom. The van der Waals surface area contributed by atoms with Gasteiger partial charge in [-0.2, -0.15) is 4.98 Å². The van der Waals surface area contributed by atoms with E-state index in [9.17, 15) is 4.79 Å². The minimum atomic E-state index is -0.0270. The molecule has 0 bridgehead atoms. The Morgan fingerprint density at radius 1 is 1.23 bits per heavy atom. The first-order chi connectivity index (χ1) is 12.6. The van der Waals surface area contributed by atoms with Gasteiger partial charge in [-0.05, 0) is 31.9 Å². The molecule has 0 radical (unpaired) electrons. The van der Waals surface area contributed by atoms with Crippen molar-refractivity contribution in [3.8, 4) is 11.8 Å². The normalized spacial score (nSPS) is 20.7. The number of pyridine rings is 1. The summed E-state index contributed by atoms with van der Waals surface area (Å²) in [6, 6.07) is 3.45. The SMILES string of the molecule is CCN1CCCN(C(=O)c2ccc(OC)nc2OC)CC12CCOCC2. The van der Waals surface area contributed by atoms with Gasteiger partial charge in [0.1, 0.15) is 5.56 Å². The Bertz CT molecular complexity index is 631. The minimum absolute atomic E-state index is 0.00624. The van der Waals surface area contributed by atoms with Crippen LogP contribution in [0.5, 0.6) is 11.8 Å². The van der Waals surface area contributed by atoms with Crippen molar-refractivity contribution >= 4 is 5.91 Å². The average Bonchev–Trinajstić information content (AvgIpc) is 2.86. The first kappa shape index (κ1) is 18.9. The highest BCUT2D eigenvalue weighted by molar-refractivity contribution is 5.96. The monoisotopic (exact) mass is 363 g/mol. The Labute approximate surface area is 155 Å². The van der Waals surface area contributed by atoms with Gasteiger partial charge in [0, 0.05) is 44.5 Å². The Kier molecular flexibility index (Phi) is 5.98. The summed E-state index contributed by atoms with van der Waals surface area (Å²) >= 11 is 0. The number of carbonyl (C=O) groups excluding carboxylic acids is 1. The lowest BCUT2D eigenvalue weighted by Crippen LogP contribution is -2.57. The topological polar surface area (TPSA) is 64.1 Å². The lowest BCUT2D eigenvalue weighted by atomic mass is 9.87. The number of carbonyl (C=O) groups is 1. The summed E-state index contributed by atoms with van der Waals surface area (Å²) in [7, 11) is 3.08. The van der Waals surface area contributed by atoms with Crippen LogP contribution in [0.15, 0.2) is 12.1 Å². The highest BCUT2D eigenvalue weighted by Crippen LogP contribution is 2.32. The fourth-order valence-electron chi connectivity index (χ4n) is 4.14. The van der Waals surface area contributed by atoms with Crippen molar-refractivity contribution in [3.63, 3.8) is 0 Å². The molecule has 7 nitrogen and oxygen atoms in total. The van der Waals surface area contributed by atoms with Gasteiger partial charge in [-0.1, -0.05) is 6.92 Å². The van der Waals surface area contributed by atoms with Gasteiger partial charge < -0.3 is 19.1 Å². The van der Waals surface area contributed by atoms with Gasteiger partial charge in [-0.15, -0.1) is 0 Å². The molecule has 0 saturated carbocycles. The van der Waals surface area contributed by atoms with Gasteiger partial charge in [0.05, 0.1) is 14.2 Å². The number of rotatable bonds is 4. The number of amides is 1. The molecular formula is C19H29N3O4. The van der Waals surface area contributed by atoms with Crippen LogP contribution >= 0.6 is 0 Å². The molecule has 0 aromatic carbocycles. The number of methoxy groups -OCH3 is 2. The smallest absolute Gasteiger partial charge is 0.259 e. The maximum atomic E-state index is 13.3. The molecular weight excluding hydrogens is 334 g/mol. The third kappa shape index (κ3) is 3.64. The molecule has 0 aliphatic carbocycles. The molecule has 1 aromatic rings. The summed E-state index contributed by atoms with van der Waals surface area (Å²) in [5.41, 5.74) is 0.493. The second-order valence-electron chi connectivity index (χ2n) is 6.91. The van der Waals surface area contributed by atoms with Gasteiger partial charge in [-0.25, -0.2) is 0 Å². The summed E-state index contributed by atoms with van der Waals surface area (Å²) < 4.78 is 16.1. The number of nitrogens with zero attached hydrogens (tertiary/aromatic N) is 3. The molecule has 2 aliphatic heterocycles. The fraction of sp³-hybridized carbons (Fsp3) is 0.684. The maximum Gasteiger partial charge on any atom is 0.259 e. The largest absolute Gasteiger partial charge is 0.481 e. The average molecular weight is 363 g/mol. The van der Waals surface area contributed by atoms with E-state index in [1.807, 2.05) is 4.90 Å². The fourth-order valence-corrected chi connectivity index (χ4v) is 4.14. The van der Waals surface area contributed by atoms with E-state index in [0.717, 1.165) is 58.7 Å². The molecule has 0 atom stereocenters. The molecule has 1 spiro atoms. The third-order valence-corrected chi connectivity index (χ3v) is 5.57. The van der Waals surface area contributed by atoms with E-state index in [4.69, 9.17) is 14.2 Å². The van der Waals surface area contributed by atoms with Crippen molar-refractivity contribution in [2.45, 2.75) is 31.7 Å². The van der Waals surface area contributed by atoms with Gasteiger partial charge in [0.2, 0.25) is 11.8 Å². The number of hydrogen-bond donors (Lipinski definition) is 0. The van der Waals surface area contributed by atoms with Crippen LogP contribution in [0.3, 0.4) is 0 Å². The molecule has 1 amide bonds. The third-order valence-electron chi connectivity index (χ3n) is 5.57. The van der Waals surface area contributed by atoms with Crippen molar-refractivity contribution < 1.29 is 19.0 Å². The van der Waals surface area contributed by atoms with E-state index in [-0.39, 0.29) is 11.4 Å². The van der Waals surface area contributed by atoms with Crippen molar-refractivity contribution in [1.29, 1.82) is 0 Å². The van der Waals surface area contributed by atoms with Crippen LogP contribution in [0, 0.1) is 0 Å². The van der Waals surface area contributed by atoms with Gasteiger partial charge >= 0.3 is 0 Å². The van der Waals surface area contributed by atoms with E-state index in [1.54, 1.807) is 19.2 Å². The highest BCUT2D eigenvalue weighted by Gasteiger charge is 2.42. The second kappa shape index (κ2) is 8.22. The van der Waals surface area contributed by atoms with Crippen LogP contribution < -0.4 is 9.47 Å².